The van der Waals surface area contributed by atoms with Crippen LogP contribution in [0.15, 0.2) is 60.8 Å². The van der Waals surface area contributed by atoms with Crippen LogP contribution in [0.3, 0.4) is 0 Å². The van der Waals surface area contributed by atoms with Gasteiger partial charge in [-0.15, -0.1) is 0 Å². The minimum absolute atomic E-state index is 0.539. The van der Waals surface area contributed by atoms with Crippen molar-refractivity contribution >= 4 is 0 Å². The molecule has 0 bridgehead atoms. The van der Waals surface area contributed by atoms with Crippen LogP contribution in [0.2, 0.25) is 0 Å². The molecule has 0 spiro atoms. The number of nitriles is 1. The fraction of sp³-hybridized carbons (Fsp3) is 0.217. The molecular weight excluding hydrogens is 377 g/mol. The molecule has 0 radical (unpaired) electrons. The summed E-state index contributed by atoms with van der Waals surface area (Å²) in [6.45, 7) is 3.57. The van der Waals surface area contributed by atoms with Gasteiger partial charge in [-0.2, -0.15) is 14.0 Å². The topological polar surface area (TPSA) is 45.9 Å². The van der Waals surface area contributed by atoms with Crippen molar-refractivity contribution in [1.82, 2.24) is 4.98 Å². The van der Waals surface area contributed by atoms with Crippen LogP contribution in [-0.2, 0) is 16.3 Å². The Morgan fingerprint density at radius 3 is 2.07 bits per heavy atom. The SMILES string of the molecule is CO[C@](C#N)(c1ccc(C)cc1F)C(F)(F)c1ccc(-c2ccc(C)cc2)cn1. The van der Waals surface area contributed by atoms with Crippen molar-refractivity contribution in [1.29, 1.82) is 5.26 Å². The normalized spacial score (nSPS) is 13.6. The highest BCUT2D eigenvalue weighted by Crippen LogP contribution is 2.47. The molecule has 3 aromatic rings. The molecule has 1 atom stereocenters. The standard InChI is InChI=1S/C23H19F3N2O/c1-15-4-7-17(8-5-15)18-9-11-21(28-13-18)23(25,26)22(14-27,29-3)19-10-6-16(2)12-20(19)24/h4-13H,1-3H3/t22-/m1/s1. The number of methoxy groups -OCH3 is 1. The number of aromatic nitrogens is 1. The highest BCUT2D eigenvalue weighted by Gasteiger charge is 2.60. The van der Waals surface area contributed by atoms with E-state index in [0.717, 1.165) is 36.4 Å². The lowest BCUT2D eigenvalue weighted by Crippen LogP contribution is -2.45. The predicted octanol–water partition coefficient (Wildman–Crippen LogP) is 5.66. The van der Waals surface area contributed by atoms with Gasteiger partial charge in [-0.3, -0.25) is 4.98 Å². The molecule has 0 aliphatic carbocycles. The lowest BCUT2D eigenvalue weighted by atomic mass is 9.85. The third-order valence-corrected chi connectivity index (χ3v) is 4.88. The number of rotatable bonds is 5. The molecule has 2 aromatic carbocycles. The zero-order valence-corrected chi connectivity index (χ0v) is 16.2. The highest BCUT2D eigenvalue weighted by atomic mass is 19.3. The number of alkyl halides is 2. The van der Waals surface area contributed by atoms with E-state index >= 15 is 8.78 Å². The summed E-state index contributed by atoms with van der Waals surface area (Å²) in [5.74, 6) is -4.84. The minimum atomic E-state index is -3.90. The number of aryl methyl sites for hydroxylation is 2. The monoisotopic (exact) mass is 396 g/mol. The van der Waals surface area contributed by atoms with E-state index < -0.39 is 28.6 Å². The molecule has 3 nitrogen and oxygen atoms in total. The number of hydrogen-bond acceptors (Lipinski definition) is 3. The van der Waals surface area contributed by atoms with Gasteiger partial charge < -0.3 is 4.74 Å². The van der Waals surface area contributed by atoms with E-state index in [9.17, 15) is 9.65 Å². The van der Waals surface area contributed by atoms with Crippen molar-refractivity contribution in [2.45, 2.75) is 25.4 Å². The summed E-state index contributed by atoms with van der Waals surface area (Å²) in [7, 11) is 0.955. The van der Waals surface area contributed by atoms with Gasteiger partial charge in [-0.25, -0.2) is 4.39 Å². The van der Waals surface area contributed by atoms with Crippen LogP contribution in [0.4, 0.5) is 13.2 Å². The summed E-state index contributed by atoms with van der Waals surface area (Å²) in [6.07, 6.45) is 1.30. The summed E-state index contributed by atoms with van der Waals surface area (Å²) in [5, 5.41) is 9.63. The van der Waals surface area contributed by atoms with Crippen molar-refractivity contribution in [2.24, 2.45) is 0 Å². The molecule has 0 aliphatic heterocycles. The first kappa shape index (κ1) is 20.6. The van der Waals surface area contributed by atoms with Gasteiger partial charge >= 0.3 is 5.92 Å². The minimum Gasteiger partial charge on any atom is -0.354 e. The van der Waals surface area contributed by atoms with E-state index in [-0.39, 0.29) is 0 Å². The lowest BCUT2D eigenvalue weighted by molar-refractivity contribution is -0.182. The molecule has 0 saturated carbocycles. The predicted molar refractivity (Wildman–Crippen MR) is 104 cm³/mol. The van der Waals surface area contributed by atoms with Crippen molar-refractivity contribution < 1.29 is 17.9 Å². The summed E-state index contributed by atoms with van der Waals surface area (Å²) >= 11 is 0. The molecule has 29 heavy (non-hydrogen) atoms. The van der Waals surface area contributed by atoms with Gasteiger partial charge in [0.1, 0.15) is 17.6 Å². The van der Waals surface area contributed by atoms with Crippen LogP contribution in [0.1, 0.15) is 22.4 Å². The summed E-state index contributed by atoms with van der Waals surface area (Å²) < 4.78 is 50.4. The smallest absolute Gasteiger partial charge is 0.335 e. The van der Waals surface area contributed by atoms with Gasteiger partial charge in [0, 0.05) is 24.4 Å². The van der Waals surface area contributed by atoms with Gasteiger partial charge in [-0.1, -0.05) is 48.0 Å². The Morgan fingerprint density at radius 2 is 1.55 bits per heavy atom. The van der Waals surface area contributed by atoms with Gasteiger partial charge in [0.15, 0.2) is 0 Å². The molecule has 0 amide bonds. The highest BCUT2D eigenvalue weighted by molar-refractivity contribution is 5.62. The molecule has 148 valence electrons. The summed E-state index contributed by atoms with van der Waals surface area (Å²) in [6, 6.07) is 15.3. The molecule has 6 heteroatoms. The second-order valence-electron chi connectivity index (χ2n) is 6.85. The number of hydrogen-bond donors (Lipinski definition) is 0. The van der Waals surface area contributed by atoms with E-state index in [2.05, 4.69) is 4.98 Å². The first-order valence-corrected chi connectivity index (χ1v) is 8.89. The van der Waals surface area contributed by atoms with Crippen molar-refractivity contribution in [3.63, 3.8) is 0 Å². The Kier molecular flexibility index (Phi) is 5.45. The van der Waals surface area contributed by atoms with E-state index in [4.69, 9.17) is 4.74 Å². The maximum atomic E-state index is 15.5. The molecule has 0 aliphatic rings. The van der Waals surface area contributed by atoms with Crippen molar-refractivity contribution in [3.05, 3.63) is 89.0 Å². The Labute approximate surface area is 167 Å². The Morgan fingerprint density at radius 1 is 0.931 bits per heavy atom. The average molecular weight is 396 g/mol. The van der Waals surface area contributed by atoms with E-state index in [1.54, 1.807) is 6.92 Å². The molecule has 0 saturated heterocycles. The lowest BCUT2D eigenvalue weighted by Gasteiger charge is -2.33. The fourth-order valence-electron chi connectivity index (χ4n) is 3.17. The van der Waals surface area contributed by atoms with Crippen molar-refractivity contribution in [3.8, 4) is 17.2 Å². The number of pyridine rings is 1. The first-order valence-electron chi connectivity index (χ1n) is 8.89. The van der Waals surface area contributed by atoms with Gasteiger partial charge in [0.2, 0.25) is 0 Å². The average Bonchev–Trinajstić information content (AvgIpc) is 2.71. The molecule has 3 rings (SSSR count). The molecule has 0 fully saturated rings. The van der Waals surface area contributed by atoms with Crippen molar-refractivity contribution in [2.75, 3.05) is 7.11 Å². The van der Waals surface area contributed by atoms with Crippen LogP contribution in [0, 0.1) is 31.0 Å². The van der Waals surface area contributed by atoms with Gasteiger partial charge in [0.05, 0.1) is 0 Å². The summed E-state index contributed by atoms with van der Waals surface area (Å²) in [4.78, 5) is 3.88. The molecular formula is C23H19F3N2O. The Bertz CT molecular complexity index is 1060. The Balaban J connectivity index is 2.07. The van der Waals surface area contributed by atoms with Gasteiger partial charge in [-0.05, 0) is 37.1 Å². The second-order valence-corrected chi connectivity index (χ2v) is 6.85. The molecule has 0 N–H and O–H groups in total. The van der Waals surface area contributed by atoms with Crippen LogP contribution in [-0.4, -0.2) is 12.1 Å². The van der Waals surface area contributed by atoms with E-state index in [1.807, 2.05) is 31.2 Å². The van der Waals surface area contributed by atoms with Crippen LogP contribution < -0.4 is 0 Å². The van der Waals surface area contributed by atoms with Crippen LogP contribution in [0.5, 0.6) is 0 Å². The molecule has 1 aromatic heterocycles. The number of benzene rings is 2. The second kappa shape index (κ2) is 7.69. The molecule has 0 unspecified atom stereocenters. The maximum absolute atomic E-state index is 15.5. The third-order valence-electron chi connectivity index (χ3n) is 4.88. The quantitative estimate of drug-likeness (QED) is 0.559. The van der Waals surface area contributed by atoms with Crippen LogP contribution >= 0.6 is 0 Å². The number of ether oxygens (including phenoxy) is 1. The van der Waals surface area contributed by atoms with E-state index in [1.165, 1.54) is 24.4 Å². The number of halogens is 3. The zero-order valence-electron chi connectivity index (χ0n) is 16.2. The zero-order chi connectivity index (χ0) is 21.2. The van der Waals surface area contributed by atoms with Gasteiger partial charge in [0.25, 0.3) is 5.60 Å². The first-order chi connectivity index (χ1) is 13.7. The molecule has 1 heterocycles. The largest absolute Gasteiger partial charge is 0.354 e. The summed E-state index contributed by atoms with van der Waals surface area (Å²) in [5.41, 5.74) is -1.00. The third kappa shape index (κ3) is 3.50. The Hall–Kier alpha value is -3.17. The van der Waals surface area contributed by atoms with Crippen LogP contribution in [0.25, 0.3) is 11.1 Å². The number of nitrogens with zero attached hydrogens (tertiary/aromatic N) is 2. The maximum Gasteiger partial charge on any atom is 0.335 e. The van der Waals surface area contributed by atoms with E-state index in [0.29, 0.717) is 11.1 Å². The fourth-order valence-corrected chi connectivity index (χ4v) is 3.17.